The molecule has 0 spiro atoms. The lowest BCUT2D eigenvalue weighted by Crippen LogP contribution is -2.06. The van der Waals surface area contributed by atoms with Gasteiger partial charge in [-0.2, -0.15) is 0 Å². The molecule has 10 heavy (non-hydrogen) atoms. The summed E-state index contributed by atoms with van der Waals surface area (Å²) in [5.74, 6) is 1.71. The van der Waals surface area contributed by atoms with Crippen LogP contribution < -0.4 is 0 Å². The molecule has 0 radical (unpaired) electrons. The van der Waals surface area contributed by atoms with E-state index in [4.69, 9.17) is 0 Å². The fraction of sp³-hybridized carbons (Fsp3) is 0.800. The molecule has 0 saturated heterocycles. The summed E-state index contributed by atoms with van der Waals surface area (Å²) in [5, 5.41) is 0. The maximum absolute atomic E-state index is 2.38. The van der Waals surface area contributed by atoms with Crippen molar-refractivity contribution < 1.29 is 0 Å². The van der Waals surface area contributed by atoms with Crippen LogP contribution in [0.15, 0.2) is 12.2 Å². The zero-order chi connectivity index (χ0) is 7.40. The van der Waals surface area contributed by atoms with Gasteiger partial charge >= 0.3 is 0 Å². The Labute approximate surface area is 64.3 Å². The Morgan fingerprint density at radius 1 is 1.20 bits per heavy atom. The van der Waals surface area contributed by atoms with Crippen LogP contribution in [-0.4, -0.2) is 0 Å². The quantitative estimate of drug-likeness (QED) is 0.450. The summed E-state index contributed by atoms with van der Waals surface area (Å²) >= 11 is 0. The molecular formula is C10H18. The van der Waals surface area contributed by atoms with Crippen LogP contribution in [0.2, 0.25) is 0 Å². The SMILES string of the molecule is CC1/C=C\CCCCC1C. The predicted molar refractivity (Wildman–Crippen MR) is 45.9 cm³/mol. The van der Waals surface area contributed by atoms with Gasteiger partial charge in [0.05, 0.1) is 0 Å². The predicted octanol–water partition coefficient (Wildman–Crippen LogP) is 3.39. The summed E-state index contributed by atoms with van der Waals surface area (Å²) in [6.45, 7) is 4.69. The molecule has 0 heterocycles. The number of rotatable bonds is 0. The van der Waals surface area contributed by atoms with E-state index in [9.17, 15) is 0 Å². The topological polar surface area (TPSA) is 0 Å². The smallest absolute Gasteiger partial charge is 0.0236 e. The summed E-state index contributed by atoms with van der Waals surface area (Å²) in [4.78, 5) is 0. The lowest BCUT2D eigenvalue weighted by Gasteiger charge is -2.18. The minimum Gasteiger partial charge on any atom is -0.0883 e. The molecule has 0 aromatic heterocycles. The van der Waals surface area contributed by atoms with Crippen LogP contribution in [0, 0.1) is 11.8 Å². The molecule has 0 heteroatoms. The molecule has 2 unspecified atom stereocenters. The van der Waals surface area contributed by atoms with E-state index in [1.54, 1.807) is 0 Å². The van der Waals surface area contributed by atoms with Crippen molar-refractivity contribution in [3.63, 3.8) is 0 Å². The third-order valence-electron chi connectivity index (χ3n) is 2.62. The Kier molecular flexibility index (Phi) is 2.98. The molecule has 0 nitrogen and oxygen atoms in total. The Morgan fingerprint density at radius 2 is 2.00 bits per heavy atom. The molecule has 0 aliphatic heterocycles. The summed E-state index contributed by atoms with van der Waals surface area (Å²) in [6.07, 6.45) is 10.3. The van der Waals surface area contributed by atoms with E-state index in [-0.39, 0.29) is 0 Å². The molecule has 58 valence electrons. The normalized spacial score (nSPS) is 38.2. The average molecular weight is 138 g/mol. The molecule has 0 aromatic carbocycles. The Balaban J connectivity index is 2.44. The number of hydrogen-bond donors (Lipinski definition) is 0. The van der Waals surface area contributed by atoms with E-state index in [1.165, 1.54) is 25.7 Å². The minimum atomic E-state index is 0.806. The van der Waals surface area contributed by atoms with Gasteiger partial charge in [-0.05, 0) is 24.7 Å². The minimum absolute atomic E-state index is 0.806. The van der Waals surface area contributed by atoms with Gasteiger partial charge in [0.1, 0.15) is 0 Å². The van der Waals surface area contributed by atoms with Crippen LogP contribution in [0.1, 0.15) is 39.5 Å². The van der Waals surface area contributed by atoms with Crippen LogP contribution in [0.4, 0.5) is 0 Å². The highest BCUT2D eigenvalue weighted by molar-refractivity contribution is 4.90. The third-order valence-corrected chi connectivity index (χ3v) is 2.62. The second-order valence-corrected chi connectivity index (χ2v) is 3.55. The average Bonchev–Trinajstić information content (AvgIpc) is 1.92. The lowest BCUT2D eigenvalue weighted by atomic mass is 9.88. The van der Waals surface area contributed by atoms with Gasteiger partial charge in [0.2, 0.25) is 0 Å². The highest BCUT2D eigenvalue weighted by Crippen LogP contribution is 2.22. The fourth-order valence-electron chi connectivity index (χ4n) is 1.49. The Morgan fingerprint density at radius 3 is 2.80 bits per heavy atom. The molecule has 0 fully saturated rings. The summed E-state index contributed by atoms with van der Waals surface area (Å²) in [7, 11) is 0. The molecule has 0 N–H and O–H groups in total. The standard InChI is InChI=1S/C10H18/c1-9-7-5-3-4-6-8-10(9)2/h5,7,9-10H,3-4,6,8H2,1-2H3/b7-5-. The van der Waals surface area contributed by atoms with Crippen LogP contribution in [0.25, 0.3) is 0 Å². The van der Waals surface area contributed by atoms with Gasteiger partial charge in [-0.15, -0.1) is 0 Å². The van der Waals surface area contributed by atoms with Crippen LogP contribution in [-0.2, 0) is 0 Å². The molecular weight excluding hydrogens is 120 g/mol. The van der Waals surface area contributed by atoms with Crippen LogP contribution >= 0.6 is 0 Å². The molecule has 0 saturated carbocycles. The summed E-state index contributed by atoms with van der Waals surface area (Å²) in [6, 6.07) is 0. The zero-order valence-corrected chi connectivity index (χ0v) is 7.14. The molecule has 1 aliphatic rings. The monoisotopic (exact) mass is 138 g/mol. The molecule has 1 aliphatic carbocycles. The first kappa shape index (κ1) is 7.84. The molecule has 0 aromatic rings. The molecule has 1 rings (SSSR count). The van der Waals surface area contributed by atoms with Gasteiger partial charge in [0.15, 0.2) is 0 Å². The van der Waals surface area contributed by atoms with Crippen molar-refractivity contribution in [2.75, 3.05) is 0 Å². The Bertz CT molecular complexity index is 113. The van der Waals surface area contributed by atoms with Crippen molar-refractivity contribution in [1.29, 1.82) is 0 Å². The zero-order valence-electron chi connectivity index (χ0n) is 7.14. The first-order valence-electron chi connectivity index (χ1n) is 4.47. The summed E-state index contributed by atoms with van der Waals surface area (Å²) < 4.78 is 0. The highest BCUT2D eigenvalue weighted by Gasteiger charge is 2.09. The van der Waals surface area contributed by atoms with E-state index in [0.717, 1.165) is 11.8 Å². The van der Waals surface area contributed by atoms with Gasteiger partial charge in [-0.25, -0.2) is 0 Å². The maximum Gasteiger partial charge on any atom is -0.0236 e. The second kappa shape index (κ2) is 3.80. The van der Waals surface area contributed by atoms with Gasteiger partial charge in [-0.3, -0.25) is 0 Å². The third kappa shape index (κ3) is 2.17. The van der Waals surface area contributed by atoms with Gasteiger partial charge < -0.3 is 0 Å². The second-order valence-electron chi connectivity index (χ2n) is 3.55. The summed E-state index contributed by atoms with van der Waals surface area (Å²) in [5.41, 5.74) is 0. The number of hydrogen-bond acceptors (Lipinski definition) is 0. The van der Waals surface area contributed by atoms with Gasteiger partial charge in [0, 0.05) is 0 Å². The van der Waals surface area contributed by atoms with Gasteiger partial charge in [0.25, 0.3) is 0 Å². The molecule has 0 amide bonds. The highest BCUT2D eigenvalue weighted by atomic mass is 14.1. The van der Waals surface area contributed by atoms with E-state index >= 15 is 0 Å². The first-order chi connectivity index (χ1) is 4.80. The van der Waals surface area contributed by atoms with Crippen molar-refractivity contribution in [3.05, 3.63) is 12.2 Å². The van der Waals surface area contributed by atoms with E-state index < -0.39 is 0 Å². The van der Waals surface area contributed by atoms with Crippen molar-refractivity contribution in [1.82, 2.24) is 0 Å². The van der Waals surface area contributed by atoms with Crippen LogP contribution in [0.3, 0.4) is 0 Å². The van der Waals surface area contributed by atoms with Gasteiger partial charge in [-0.1, -0.05) is 38.8 Å². The first-order valence-corrected chi connectivity index (χ1v) is 4.47. The largest absolute Gasteiger partial charge is 0.0883 e. The fourth-order valence-corrected chi connectivity index (χ4v) is 1.49. The van der Waals surface area contributed by atoms with E-state index in [1.807, 2.05) is 0 Å². The van der Waals surface area contributed by atoms with Crippen LogP contribution in [0.5, 0.6) is 0 Å². The maximum atomic E-state index is 2.38. The van der Waals surface area contributed by atoms with Crippen molar-refractivity contribution in [3.8, 4) is 0 Å². The van der Waals surface area contributed by atoms with Crippen molar-refractivity contribution >= 4 is 0 Å². The van der Waals surface area contributed by atoms with Crippen molar-refractivity contribution in [2.45, 2.75) is 39.5 Å². The molecule has 0 bridgehead atoms. The van der Waals surface area contributed by atoms with E-state index in [2.05, 4.69) is 26.0 Å². The van der Waals surface area contributed by atoms with Crippen molar-refractivity contribution in [2.24, 2.45) is 11.8 Å². The molecule has 2 atom stereocenters. The lowest BCUT2D eigenvalue weighted by molar-refractivity contribution is 0.402. The Hall–Kier alpha value is -0.260. The number of allylic oxidation sites excluding steroid dienone is 2. The van der Waals surface area contributed by atoms with E-state index in [0.29, 0.717) is 0 Å².